The zero-order valence-corrected chi connectivity index (χ0v) is 17.5. The molecule has 0 saturated heterocycles. The SMILES string of the molecule is COc1ccc(C(=O)N/C(=C\c2ccco2)C(=O)NCCN(C)c2ccccc2)cc1. The summed E-state index contributed by atoms with van der Waals surface area (Å²) in [6.45, 7) is 1.01. The van der Waals surface area contributed by atoms with Gasteiger partial charge in [0.1, 0.15) is 17.2 Å². The number of ether oxygens (including phenoxy) is 1. The molecule has 0 fully saturated rings. The van der Waals surface area contributed by atoms with Crippen molar-refractivity contribution in [3.63, 3.8) is 0 Å². The third kappa shape index (κ3) is 6.24. The predicted octanol–water partition coefficient (Wildman–Crippen LogP) is 3.31. The molecule has 0 aliphatic heterocycles. The zero-order valence-electron chi connectivity index (χ0n) is 17.5. The van der Waals surface area contributed by atoms with Gasteiger partial charge in [0.2, 0.25) is 0 Å². The van der Waals surface area contributed by atoms with Gasteiger partial charge in [0.05, 0.1) is 13.4 Å². The Balaban J connectivity index is 1.65. The maximum atomic E-state index is 12.8. The van der Waals surface area contributed by atoms with E-state index in [1.165, 1.54) is 12.3 Å². The Bertz CT molecular complexity index is 1010. The summed E-state index contributed by atoms with van der Waals surface area (Å²) < 4.78 is 10.4. The van der Waals surface area contributed by atoms with Crippen molar-refractivity contribution in [1.82, 2.24) is 10.6 Å². The van der Waals surface area contributed by atoms with Crippen LogP contribution in [0.1, 0.15) is 16.1 Å². The number of nitrogens with zero attached hydrogens (tertiary/aromatic N) is 1. The molecule has 0 aliphatic carbocycles. The van der Waals surface area contributed by atoms with E-state index in [2.05, 4.69) is 10.6 Å². The first kappa shape index (κ1) is 21.7. The number of methoxy groups -OCH3 is 1. The van der Waals surface area contributed by atoms with Gasteiger partial charge in [-0.25, -0.2) is 0 Å². The summed E-state index contributed by atoms with van der Waals surface area (Å²) in [6, 6.07) is 19.9. The van der Waals surface area contributed by atoms with Crippen molar-refractivity contribution in [1.29, 1.82) is 0 Å². The number of hydrogen-bond acceptors (Lipinski definition) is 5. The highest BCUT2D eigenvalue weighted by Gasteiger charge is 2.15. The van der Waals surface area contributed by atoms with Crippen LogP contribution in [0.5, 0.6) is 5.75 Å². The second kappa shape index (κ2) is 10.7. The van der Waals surface area contributed by atoms with Gasteiger partial charge in [0, 0.05) is 37.5 Å². The number of nitrogens with one attached hydrogen (secondary N) is 2. The van der Waals surface area contributed by atoms with Gasteiger partial charge in [0.15, 0.2) is 0 Å². The van der Waals surface area contributed by atoms with E-state index >= 15 is 0 Å². The van der Waals surface area contributed by atoms with Gasteiger partial charge >= 0.3 is 0 Å². The molecule has 0 unspecified atom stereocenters. The number of anilines is 1. The molecule has 0 radical (unpaired) electrons. The Kier molecular flexibility index (Phi) is 7.48. The quantitative estimate of drug-likeness (QED) is 0.520. The van der Waals surface area contributed by atoms with Crippen LogP contribution in [0, 0.1) is 0 Å². The number of carbonyl (C=O) groups is 2. The smallest absolute Gasteiger partial charge is 0.268 e. The summed E-state index contributed by atoms with van der Waals surface area (Å²) in [4.78, 5) is 27.5. The molecule has 0 spiro atoms. The second-order valence-corrected chi connectivity index (χ2v) is 6.77. The van der Waals surface area contributed by atoms with Crippen LogP contribution < -0.4 is 20.3 Å². The van der Waals surface area contributed by atoms with Crippen molar-refractivity contribution >= 4 is 23.6 Å². The summed E-state index contributed by atoms with van der Waals surface area (Å²) >= 11 is 0. The van der Waals surface area contributed by atoms with Crippen molar-refractivity contribution in [2.75, 3.05) is 32.1 Å². The molecule has 160 valence electrons. The van der Waals surface area contributed by atoms with Gasteiger partial charge in [-0.05, 0) is 48.5 Å². The van der Waals surface area contributed by atoms with Crippen LogP contribution in [0.2, 0.25) is 0 Å². The van der Waals surface area contributed by atoms with Crippen LogP contribution in [0.25, 0.3) is 6.08 Å². The topological polar surface area (TPSA) is 83.8 Å². The lowest BCUT2D eigenvalue weighted by molar-refractivity contribution is -0.117. The van der Waals surface area contributed by atoms with Crippen molar-refractivity contribution < 1.29 is 18.7 Å². The summed E-state index contributed by atoms with van der Waals surface area (Å²) in [6.07, 6.45) is 3.00. The van der Waals surface area contributed by atoms with Crippen LogP contribution >= 0.6 is 0 Å². The second-order valence-electron chi connectivity index (χ2n) is 6.77. The van der Waals surface area contributed by atoms with E-state index in [0.29, 0.717) is 30.2 Å². The first-order valence-electron chi connectivity index (χ1n) is 9.82. The lowest BCUT2D eigenvalue weighted by atomic mass is 10.2. The number of para-hydroxylation sites is 1. The lowest BCUT2D eigenvalue weighted by Crippen LogP contribution is -2.38. The predicted molar refractivity (Wildman–Crippen MR) is 120 cm³/mol. The lowest BCUT2D eigenvalue weighted by Gasteiger charge is -2.19. The Labute approximate surface area is 181 Å². The van der Waals surface area contributed by atoms with Crippen LogP contribution in [-0.4, -0.2) is 39.1 Å². The average Bonchev–Trinajstić information content (AvgIpc) is 3.32. The Morgan fingerprint density at radius 1 is 1.03 bits per heavy atom. The number of benzene rings is 2. The molecule has 7 heteroatoms. The van der Waals surface area contributed by atoms with E-state index in [4.69, 9.17) is 9.15 Å². The number of amides is 2. The summed E-state index contributed by atoms with van der Waals surface area (Å²) in [5.74, 6) is 0.293. The molecular formula is C24H25N3O4. The molecule has 2 N–H and O–H groups in total. The average molecular weight is 419 g/mol. The number of likely N-dealkylation sites (N-methyl/N-ethyl adjacent to an activating group) is 1. The third-order valence-electron chi connectivity index (χ3n) is 4.60. The van der Waals surface area contributed by atoms with Gasteiger partial charge in [0.25, 0.3) is 11.8 Å². The third-order valence-corrected chi connectivity index (χ3v) is 4.60. The molecular weight excluding hydrogens is 394 g/mol. The highest BCUT2D eigenvalue weighted by molar-refractivity contribution is 6.05. The van der Waals surface area contributed by atoms with Gasteiger partial charge in [-0.1, -0.05) is 18.2 Å². The molecule has 3 aromatic rings. The fraction of sp³-hybridized carbons (Fsp3) is 0.167. The summed E-state index contributed by atoms with van der Waals surface area (Å²) in [5, 5.41) is 5.52. The largest absolute Gasteiger partial charge is 0.497 e. The minimum Gasteiger partial charge on any atom is -0.497 e. The Morgan fingerprint density at radius 2 is 1.77 bits per heavy atom. The minimum absolute atomic E-state index is 0.0955. The van der Waals surface area contributed by atoms with Gasteiger partial charge in [-0.3, -0.25) is 9.59 Å². The molecule has 0 aliphatic rings. The van der Waals surface area contributed by atoms with Crippen LogP contribution in [0.4, 0.5) is 5.69 Å². The van der Waals surface area contributed by atoms with E-state index in [1.54, 1.807) is 43.5 Å². The maximum Gasteiger partial charge on any atom is 0.268 e. The highest BCUT2D eigenvalue weighted by Crippen LogP contribution is 2.13. The standard InChI is InChI=1S/C24H25N3O4/c1-27(19-7-4-3-5-8-19)15-14-25-24(29)22(17-21-9-6-16-31-21)26-23(28)18-10-12-20(30-2)13-11-18/h3-13,16-17H,14-15H2,1-2H3,(H,25,29)(H,26,28)/b22-17-. The molecule has 0 bridgehead atoms. The van der Waals surface area contributed by atoms with E-state index in [9.17, 15) is 9.59 Å². The van der Waals surface area contributed by atoms with Crippen molar-refractivity contribution in [2.45, 2.75) is 0 Å². The van der Waals surface area contributed by atoms with E-state index in [-0.39, 0.29) is 5.70 Å². The summed E-state index contributed by atoms with van der Waals surface area (Å²) in [7, 11) is 3.51. The molecule has 0 saturated carbocycles. The molecule has 7 nitrogen and oxygen atoms in total. The van der Waals surface area contributed by atoms with Crippen molar-refractivity contribution in [2.24, 2.45) is 0 Å². The molecule has 31 heavy (non-hydrogen) atoms. The number of rotatable bonds is 9. The Morgan fingerprint density at radius 3 is 2.42 bits per heavy atom. The molecule has 2 aromatic carbocycles. The van der Waals surface area contributed by atoms with Crippen LogP contribution in [-0.2, 0) is 4.79 Å². The van der Waals surface area contributed by atoms with E-state index in [1.807, 2.05) is 42.3 Å². The monoisotopic (exact) mass is 419 g/mol. The van der Waals surface area contributed by atoms with Crippen molar-refractivity contribution in [3.05, 3.63) is 90.0 Å². The summed E-state index contributed by atoms with van der Waals surface area (Å²) in [5.41, 5.74) is 1.55. The molecule has 3 rings (SSSR count). The zero-order chi connectivity index (χ0) is 22.1. The van der Waals surface area contributed by atoms with Gasteiger partial charge < -0.3 is 24.7 Å². The van der Waals surface area contributed by atoms with Gasteiger partial charge in [-0.15, -0.1) is 0 Å². The number of furan rings is 1. The highest BCUT2D eigenvalue weighted by atomic mass is 16.5. The maximum absolute atomic E-state index is 12.8. The van der Waals surface area contributed by atoms with E-state index in [0.717, 1.165) is 5.69 Å². The first-order chi connectivity index (χ1) is 15.1. The Hall–Kier alpha value is -4.00. The first-order valence-corrected chi connectivity index (χ1v) is 9.82. The fourth-order valence-electron chi connectivity index (χ4n) is 2.85. The minimum atomic E-state index is -0.406. The normalized spacial score (nSPS) is 11.0. The number of carbonyl (C=O) groups excluding carboxylic acids is 2. The van der Waals surface area contributed by atoms with Crippen LogP contribution in [0.3, 0.4) is 0 Å². The van der Waals surface area contributed by atoms with Crippen LogP contribution in [0.15, 0.2) is 83.1 Å². The molecule has 2 amide bonds. The molecule has 1 heterocycles. The number of hydrogen-bond donors (Lipinski definition) is 2. The molecule has 0 atom stereocenters. The fourth-order valence-corrected chi connectivity index (χ4v) is 2.85. The van der Waals surface area contributed by atoms with E-state index < -0.39 is 11.8 Å². The molecule has 1 aromatic heterocycles. The van der Waals surface area contributed by atoms with Crippen molar-refractivity contribution in [3.8, 4) is 5.75 Å². The van der Waals surface area contributed by atoms with Gasteiger partial charge in [-0.2, -0.15) is 0 Å².